The molecule has 4 aliphatic rings. The molecule has 4 aromatic carbocycles. The number of hydrogen-bond acceptors (Lipinski definition) is 4. The molecule has 192 valence electrons. The molecule has 2 atom stereocenters. The number of carbonyl (C=O) groups excluding carboxylic acids is 2. The van der Waals surface area contributed by atoms with Gasteiger partial charge in [0.15, 0.2) is 0 Å². The van der Waals surface area contributed by atoms with Gasteiger partial charge in [-0.15, -0.1) is 0 Å². The van der Waals surface area contributed by atoms with Crippen molar-refractivity contribution in [1.82, 2.24) is 5.01 Å². The lowest BCUT2D eigenvalue weighted by Gasteiger charge is -2.45. The first-order valence-corrected chi connectivity index (χ1v) is 13.9. The normalized spacial score (nSPS) is 22.7. The first-order chi connectivity index (χ1) is 19.0. The van der Waals surface area contributed by atoms with Crippen LogP contribution in [0.4, 0.5) is 0 Å². The lowest BCUT2D eigenvalue weighted by atomic mass is 9.55. The zero-order chi connectivity index (χ0) is 26.7. The van der Waals surface area contributed by atoms with Crippen LogP contribution in [-0.2, 0) is 16.2 Å². The van der Waals surface area contributed by atoms with Crippen LogP contribution in [0.15, 0.2) is 101 Å². The van der Waals surface area contributed by atoms with E-state index >= 15 is 0 Å². The number of amides is 2. The molecule has 2 amide bonds. The molecule has 2 bridgehead atoms. The van der Waals surface area contributed by atoms with Crippen molar-refractivity contribution in [2.75, 3.05) is 0 Å². The highest BCUT2D eigenvalue weighted by Gasteiger charge is 2.61. The average molecular weight is 598 g/mol. The Morgan fingerprint density at radius 3 is 1.85 bits per heavy atom. The summed E-state index contributed by atoms with van der Waals surface area (Å²) in [5.41, 5.74) is 6.33. The number of halogens is 2. The fraction of sp³-hybridized carbons (Fsp3) is 0.156. The third-order valence-corrected chi connectivity index (χ3v) is 8.88. The van der Waals surface area contributed by atoms with E-state index in [1.165, 1.54) is 0 Å². The van der Waals surface area contributed by atoms with E-state index in [2.05, 4.69) is 45.3 Å². The van der Waals surface area contributed by atoms with E-state index in [1.54, 1.807) is 6.21 Å². The van der Waals surface area contributed by atoms with Gasteiger partial charge in [0.25, 0.3) is 11.8 Å². The SMILES string of the molecule is O=C1[C@H]2C3c4ccccc4C(c4ccccc43)[C@@H]2C(=O)N1/N=C\c1ccc(OCc2ccc(Cl)cc2)c(Br)c1. The van der Waals surface area contributed by atoms with E-state index in [0.29, 0.717) is 17.4 Å². The van der Waals surface area contributed by atoms with Crippen molar-refractivity contribution in [2.45, 2.75) is 18.4 Å². The van der Waals surface area contributed by atoms with Crippen LogP contribution in [0, 0.1) is 11.8 Å². The highest BCUT2D eigenvalue weighted by molar-refractivity contribution is 9.10. The van der Waals surface area contributed by atoms with Crippen LogP contribution in [0.3, 0.4) is 0 Å². The van der Waals surface area contributed by atoms with Crippen molar-refractivity contribution in [3.63, 3.8) is 0 Å². The Morgan fingerprint density at radius 1 is 0.795 bits per heavy atom. The Morgan fingerprint density at radius 2 is 1.33 bits per heavy atom. The zero-order valence-corrected chi connectivity index (χ0v) is 23.0. The van der Waals surface area contributed by atoms with Crippen LogP contribution in [0.25, 0.3) is 0 Å². The summed E-state index contributed by atoms with van der Waals surface area (Å²) >= 11 is 9.52. The molecule has 1 saturated heterocycles. The molecular formula is C32H22BrClN2O3. The zero-order valence-electron chi connectivity index (χ0n) is 20.6. The number of hydrazone groups is 1. The van der Waals surface area contributed by atoms with Crippen LogP contribution in [-0.4, -0.2) is 23.0 Å². The first-order valence-electron chi connectivity index (χ1n) is 12.8. The van der Waals surface area contributed by atoms with Gasteiger partial charge in [-0.3, -0.25) is 9.59 Å². The molecule has 1 fully saturated rings. The van der Waals surface area contributed by atoms with Gasteiger partial charge < -0.3 is 4.74 Å². The predicted octanol–water partition coefficient (Wildman–Crippen LogP) is 6.91. The minimum Gasteiger partial charge on any atom is -0.488 e. The van der Waals surface area contributed by atoms with E-state index in [1.807, 2.05) is 66.7 Å². The van der Waals surface area contributed by atoms with Crippen molar-refractivity contribution < 1.29 is 14.3 Å². The molecule has 0 N–H and O–H groups in total. The van der Waals surface area contributed by atoms with Gasteiger partial charge in [0, 0.05) is 16.9 Å². The molecule has 4 aromatic rings. The molecular weight excluding hydrogens is 576 g/mol. The maximum Gasteiger partial charge on any atom is 0.254 e. The largest absolute Gasteiger partial charge is 0.488 e. The fourth-order valence-corrected chi connectivity index (χ4v) is 6.99. The van der Waals surface area contributed by atoms with Crippen LogP contribution >= 0.6 is 27.5 Å². The Hall–Kier alpha value is -3.74. The van der Waals surface area contributed by atoms with E-state index in [4.69, 9.17) is 16.3 Å². The Balaban J connectivity index is 1.14. The number of imide groups is 1. The molecule has 1 aliphatic heterocycles. The minimum absolute atomic E-state index is 0.143. The van der Waals surface area contributed by atoms with Crippen LogP contribution in [0.5, 0.6) is 5.75 Å². The molecule has 0 unspecified atom stereocenters. The van der Waals surface area contributed by atoms with E-state index in [-0.39, 0.29) is 23.7 Å². The molecule has 0 spiro atoms. The van der Waals surface area contributed by atoms with E-state index in [0.717, 1.165) is 42.9 Å². The maximum atomic E-state index is 13.7. The summed E-state index contributed by atoms with van der Waals surface area (Å²) in [6.45, 7) is 0.399. The predicted molar refractivity (Wildman–Crippen MR) is 153 cm³/mol. The summed E-state index contributed by atoms with van der Waals surface area (Å²) in [7, 11) is 0. The van der Waals surface area contributed by atoms with E-state index in [9.17, 15) is 9.59 Å². The van der Waals surface area contributed by atoms with Crippen LogP contribution in [0.1, 0.15) is 45.2 Å². The smallest absolute Gasteiger partial charge is 0.254 e. The Bertz CT molecular complexity index is 1550. The van der Waals surface area contributed by atoms with E-state index < -0.39 is 11.8 Å². The summed E-state index contributed by atoms with van der Waals surface area (Å²) in [5.74, 6) is -0.969. The van der Waals surface area contributed by atoms with Crippen molar-refractivity contribution in [2.24, 2.45) is 16.9 Å². The lowest BCUT2D eigenvalue weighted by molar-refractivity contribution is -0.139. The third kappa shape index (κ3) is 3.93. The molecule has 1 heterocycles. The fourth-order valence-electron chi connectivity index (χ4n) is 6.36. The van der Waals surface area contributed by atoms with Gasteiger partial charge in [-0.2, -0.15) is 10.1 Å². The molecule has 8 rings (SSSR count). The number of nitrogens with zero attached hydrogens (tertiary/aromatic N) is 2. The quantitative estimate of drug-likeness (QED) is 0.186. The van der Waals surface area contributed by atoms with Gasteiger partial charge in [-0.05, 0) is 79.6 Å². The number of carbonyl (C=O) groups is 2. The van der Waals surface area contributed by atoms with Gasteiger partial charge in [0.2, 0.25) is 0 Å². The van der Waals surface area contributed by atoms with Gasteiger partial charge >= 0.3 is 0 Å². The lowest BCUT2D eigenvalue weighted by Crippen LogP contribution is -2.41. The van der Waals surface area contributed by atoms with Crippen molar-refractivity contribution in [1.29, 1.82) is 0 Å². The van der Waals surface area contributed by atoms with Gasteiger partial charge in [0.1, 0.15) is 12.4 Å². The molecule has 39 heavy (non-hydrogen) atoms. The summed E-state index contributed by atoms with van der Waals surface area (Å²) in [4.78, 5) is 27.4. The second kappa shape index (κ2) is 9.47. The topological polar surface area (TPSA) is 59.0 Å². The first kappa shape index (κ1) is 24.3. The number of hydrogen-bond donors (Lipinski definition) is 0. The standard InChI is InChI=1S/C32H22BrClN2O3/c33-25-15-19(11-14-26(25)39-17-18-9-12-20(34)13-10-18)16-35-36-31(37)29-27-21-5-1-2-6-22(21)28(30(29)32(36)38)24-8-4-3-7-23(24)27/h1-16,27-30H,17H2/b35-16-/t27?,28?,29-,30-/m0/s1. The second-order valence-electron chi connectivity index (χ2n) is 10.1. The third-order valence-electron chi connectivity index (χ3n) is 8.01. The van der Waals surface area contributed by atoms with Gasteiger partial charge in [0.05, 0.1) is 22.5 Å². The number of benzene rings is 4. The summed E-state index contributed by atoms with van der Waals surface area (Å²) < 4.78 is 6.68. The number of ether oxygens (including phenoxy) is 1. The molecule has 0 aromatic heterocycles. The van der Waals surface area contributed by atoms with Crippen LogP contribution < -0.4 is 4.74 Å². The summed E-state index contributed by atoms with van der Waals surface area (Å²) in [6.07, 6.45) is 1.56. The highest BCUT2D eigenvalue weighted by atomic mass is 79.9. The summed E-state index contributed by atoms with van der Waals surface area (Å²) in [6, 6.07) is 29.4. The molecule has 0 radical (unpaired) electrons. The van der Waals surface area contributed by atoms with Gasteiger partial charge in [-0.25, -0.2) is 0 Å². The maximum absolute atomic E-state index is 13.7. The van der Waals surface area contributed by atoms with Crippen molar-refractivity contribution in [3.05, 3.63) is 134 Å². The Kier molecular flexibility index (Phi) is 5.90. The monoisotopic (exact) mass is 596 g/mol. The number of rotatable bonds is 5. The highest BCUT2D eigenvalue weighted by Crippen LogP contribution is 2.60. The molecule has 7 heteroatoms. The molecule has 0 saturated carbocycles. The second-order valence-corrected chi connectivity index (χ2v) is 11.4. The van der Waals surface area contributed by atoms with Crippen molar-refractivity contribution in [3.8, 4) is 5.75 Å². The average Bonchev–Trinajstić information content (AvgIpc) is 3.21. The molecule has 5 nitrogen and oxygen atoms in total. The molecule has 3 aliphatic carbocycles. The van der Waals surface area contributed by atoms with Crippen LogP contribution in [0.2, 0.25) is 5.02 Å². The minimum atomic E-state index is -0.445. The van der Waals surface area contributed by atoms with Gasteiger partial charge in [-0.1, -0.05) is 72.3 Å². The van der Waals surface area contributed by atoms with Crippen molar-refractivity contribution >= 4 is 45.6 Å². The Labute approximate surface area is 239 Å². The summed E-state index contributed by atoms with van der Waals surface area (Å²) in [5, 5.41) is 6.18.